The molecule has 270 valence electrons. The molecule has 8 heteroatoms. The number of nitrogens with one attached hydrogen (secondary N) is 1. The maximum absolute atomic E-state index is 11.0. The van der Waals surface area contributed by atoms with E-state index in [1.54, 1.807) is 32.6 Å². The molecule has 1 unspecified atom stereocenters. The van der Waals surface area contributed by atoms with Gasteiger partial charge in [-0.2, -0.15) is 0 Å². The first kappa shape index (κ1) is 50.1. The van der Waals surface area contributed by atoms with E-state index in [0.717, 1.165) is 35.6 Å². The third-order valence-corrected chi connectivity index (χ3v) is 6.05. The number of carboxylic acid groups (broad SMARTS) is 1. The molecule has 0 aromatic heterocycles. The Morgan fingerprint density at radius 1 is 1.02 bits per heavy atom. The van der Waals surface area contributed by atoms with Crippen LogP contribution in [-0.2, 0) is 19.0 Å². The summed E-state index contributed by atoms with van der Waals surface area (Å²) in [4.78, 5) is 12.9. The number of hydrogen-bond donors (Lipinski definition) is 3. The normalized spacial score (nSPS) is 15.3. The van der Waals surface area contributed by atoms with E-state index in [2.05, 4.69) is 25.7 Å². The predicted octanol–water partition coefficient (Wildman–Crippen LogP) is 9.17. The molecule has 0 saturated heterocycles. The zero-order valence-electron chi connectivity index (χ0n) is 31.5. The van der Waals surface area contributed by atoms with Crippen LogP contribution >= 0.6 is 0 Å². The molecular weight excluding hydrogens is 580 g/mol. The second kappa shape index (κ2) is 40.2. The van der Waals surface area contributed by atoms with Crippen LogP contribution in [0.5, 0.6) is 0 Å². The largest absolute Gasteiger partial charge is 0.501 e. The number of nitrogens with zero attached hydrogens (tertiary/aromatic N) is 1. The number of aliphatic hydroxyl groups excluding tert-OH is 1. The summed E-state index contributed by atoms with van der Waals surface area (Å²) in [5.74, 6) is -0.108. The third-order valence-electron chi connectivity index (χ3n) is 6.05. The lowest BCUT2D eigenvalue weighted by atomic mass is 10.0. The molecule has 1 rings (SSSR count). The van der Waals surface area contributed by atoms with E-state index in [9.17, 15) is 9.90 Å². The molecular formula is C38H72N2O6. The Morgan fingerprint density at radius 3 is 2.22 bits per heavy atom. The van der Waals surface area contributed by atoms with Gasteiger partial charge in [0, 0.05) is 44.6 Å². The summed E-state index contributed by atoms with van der Waals surface area (Å²) in [6.07, 6.45) is 19.5. The Hall–Kier alpha value is -2.81. The second-order valence-electron chi connectivity index (χ2n) is 9.31. The van der Waals surface area contributed by atoms with Gasteiger partial charge in [0.1, 0.15) is 12.0 Å². The molecule has 1 aliphatic carbocycles. The van der Waals surface area contributed by atoms with E-state index < -0.39 is 12.2 Å². The molecule has 0 heterocycles. The first-order valence-corrected chi connectivity index (χ1v) is 17.5. The van der Waals surface area contributed by atoms with Crippen molar-refractivity contribution in [2.75, 3.05) is 47.1 Å². The first-order chi connectivity index (χ1) is 22.4. The van der Waals surface area contributed by atoms with Crippen LogP contribution in [0.15, 0.2) is 71.9 Å². The lowest BCUT2D eigenvalue weighted by molar-refractivity contribution is -0.136. The number of aliphatic hydroxyl groups is 1. The van der Waals surface area contributed by atoms with Crippen LogP contribution in [0, 0.1) is 0 Å². The smallest absolute Gasteiger partial charge is 0.307 e. The molecule has 0 aromatic carbocycles. The number of carbonyl (C=O) groups is 1. The number of allylic oxidation sites excluding steroid dienone is 6. The Bertz CT molecular complexity index is 840. The molecule has 0 spiro atoms. The Kier molecular flexibility index (Phi) is 43.8. The van der Waals surface area contributed by atoms with Gasteiger partial charge < -0.3 is 34.6 Å². The number of carboxylic acids is 1. The van der Waals surface area contributed by atoms with E-state index in [4.69, 9.17) is 19.3 Å². The molecule has 0 aliphatic heterocycles. The Balaban J connectivity index is -0.000000533. The Morgan fingerprint density at radius 2 is 1.70 bits per heavy atom. The highest BCUT2D eigenvalue weighted by molar-refractivity contribution is 5.70. The van der Waals surface area contributed by atoms with Gasteiger partial charge in [-0.3, -0.25) is 4.79 Å². The van der Waals surface area contributed by atoms with Crippen molar-refractivity contribution in [2.24, 2.45) is 0 Å². The summed E-state index contributed by atoms with van der Waals surface area (Å²) >= 11 is 0. The summed E-state index contributed by atoms with van der Waals surface area (Å²) in [5.41, 5.74) is 2.66. The molecule has 0 aromatic rings. The van der Waals surface area contributed by atoms with Crippen molar-refractivity contribution < 1.29 is 29.2 Å². The number of ether oxygens (including phenoxy) is 3. The molecule has 0 saturated carbocycles. The lowest BCUT2D eigenvalue weighted by Crippen LogP contribution is -2.42. The average Bonchev–Trinajstić information content (AvgIpc) is 3.07. The van der Waals surface area contributed by atoms with Gasteiger partial charge in [-0.05, 0) is 56.9 Å². The van der Waals surface area contributed by atoms with Crippen molar-refractivity contribution in [3.63, 3.8) is 0 Å². The first-order valence-electron chi connectivity index (χ1n) is 17.5. The summed E-state index contributed by atoms with van der Waals surface area (Å²) in [7, 11) is 3.36. The van der Waals surface area contributed by atoms with Gasteiger partial charge in [0.25, 0.3) is 0 Å². The van der Waals surface area contributed by atoms with Crippen molar-refractivity contribution in [3.05, 3.63) is 71.9 Å². The monoisotopic (exact) mass is 653 g/mol. The quantitative estimate of drug-likeness (QED) is 0.0394. The summed E-state index contributed by atoms with van der Waals surface area (Å²) in [6, 6.07) is 0. The number of rotatable bonds is 20. The van der Waals surface area contributed by atoms with Gasteiger partial charge in [-0.25, -0.2) is 0 Å². The van der Waals surface area contributed by atoms with Gasteiger partial charge in [0.15, 0.2) is 0 Å². The van der Waals surface area contributed by atoms with Crippen molar-refractivity contribution in [3.8, 4) is 0 Å². The van der Waals surface area contributed by atoms with Gasteiger partial charge in [0.2, 0.25) is 0 Å². The molecule has 0 fully saturated rings. The standard InChI is InChI=1S/C25H38N2O5.C7H16O.3C2H6/c1-5-15-27(22(6-2)12-9-16-32-7-3)24(28)19-26-18-21-11-8-10-20(17-25(29)30)13-14-23(21)31-4;1-3-4-5-6-7-8-2;3*1-2/h6,9-12,14,16,24,26,28H,2,5,7-8,13,15,17-19H2,1,3-4H3,(H,29,30);3-7H2,1-2H3;3*1-2H3/b16-9+,20-10?,21-11-,22-12+,23-14+;;;;. The van der Waals surface area contributed by atoms with Gasteiger partial charge in [-0.15, -0.1) is 0 Å². The van der Waals surface area contributed by atoms with Crippen LogP contribution in [0.2, 0.25) is 0 Å². The van der Waals surface area contributed by atoms with E-state index in [0.29, 0.717) is 39.1 Å². The van der Waals surface area contributed by atoms with E-state index in [1.165, 1.54) is 25.7 Å². The van der Waals surface area contributed by atoms with Crippen LogP contribution in [0.4, 0.5) is 0 Å². The minimum absolute atomic E-state index is 0.0350. The molecule has 1 atom stereocenters. The fourth-order valence-corrected chi connectivity index (χ4v) is 4.00. The van der Waals surface area contributed by atoms with Crippen LogP contribution in [0.25, 0.3) is 0 Å². The second-order valence-corrected chi connectivity index (χ2v) is 9.31. The zero-order valence-corrected chi connectivity index (χ0v) is 31.5. The van der Waals surface area contributed by atoms with Gasteiger partial charge in [-0.1, -0.05) is 99.0 Å². The number of methoxy groups -OCH3 is 2. The van der Waals surface area contributed by atoms with Crippen molar-refractivity contribution in [1.29, 1.82) is 0 Å². The maximum atomic E-state index is 11.0. The number of hydrogen-bond acceptors (Lipinski definition) is 7. The van der Waals surface area contributed by atoms with Crippen molar-refractivity contribution in [1.82, 2.24) is 10.2 Å². The number of aliphatic carboxylic acids is 1. The van der Waals surface area contributed by atoms with Crippen molar-refractivity contribution >= 4 is 5.97 Å². The topological polar surface area (TPSA) is 100 Å². The van der Waals surface area contributed by atoms with Crippen LogP contribution in [-0.4, -0.2) is 74.4 Å². The molecule has 0 radical (unpaired) electrons. The average molecular weight is 653 g/mol. The third kappa shape index (κ3) is 28.6. The number of unbranched alkanes of at least 4 members (excludes halogenated alkanes) is 3. The van der Waals surface area contributed by atoms with Gasteiger partial charge >= 0.3 is 5.97 Å². The summed E-state index contributed by atoms with van der Waals surface area (Å²) in [5, 5.41) is 23.1. The summed E-state index contributed by atoms with van der Waals surface area (Å²) < 4.78 is 15.6. The molecule has 1 aliphatic rings. The molecule has 8 nitrogen and oxygen atoms in total. The SMILES string of the molecule is C=C/C(=C\C=C\OCC)N(CCC)C(O)CNCC1=C/CC=C(CC(=O)O)C/C=C\1OC.CC.CC.CC.CCCCCCOC. The highest BCUT2D eigenvalue weighted by Gasteiger charge is 2.17. The highest BCUT2D eigenvalue weighted by Crippen LogP contribution is 2.20. The summed E-state index contributed by atoms with van der Waals surface area (Å²) in [6.45, 7) is 25.2. The van der Waals surface area contributed by atoms with E-state index in [1.807, 2.05) is 77.7 Å². The lowest BCUT2D eigenvalue weighted by Gasteiger charge is -2.31. The van der Waals surface area contributed by atoms with Crippen LogP contribution < -0.4 is 5.32 Å². The molecule has 0 amide bonds. The van der Waals surface area contributed by atoms with E-state index >= 15 is 0 Å². The van der Waals surface area contributed by atoms with E-state index in [-0.39, 0.29) is 6.42 Å². The maximum Gasteiger partial charge on any atom is 0.307 e. The predicted molar refractivity (Wildman–Crippen MR) is 198 cm³/mol. The minimum atomic E-state index is -0.831. The highest BCUT2D eigenvalue weighted by atomic mass is 16.5. The zero-order chi connectivity index (χ0) is 36.0. The minimum Gasteiger partial charge on any atom is -0.501 e. The fourth-order valence-electron chi connectivity index (χ4n) is 4.00. The molecule has 3 N–H and O–H groups in total. The van der Waals surface area contributed by atoms with Crippen LogP contribution in [0.3, 0.4) is 0 Å². The Labute approximate surface area is 284 Å². The fraction of sp³-hybridized carbons (Fsp3) is 0.658. The molecule has 0 bridgehead atoms. The molecule has 46 heavy (non-hydrogen) atoms. The van der Waals surface area contributed by atoms with Gasteiger partial charge in [0.05, 0.1) is 26.4 Å². The van der Waals surface area contributed by atoms with Crippen molar-refractivity contribution in [2.45, 2.75) is 120 Å². The van der Waals surface area contributed by atoms with Crippen LogP contribution in [0.1, 0.15) is 114 Å².